The molecular formula is C27H80F12O15Si18. The molecule has 0 heterocycles. The van der Waals surface area contributed by atoms with Crippen molar-refractivity contribution < 1.29 is 114 Å². The molecule has 0 aromatic heterocycles. The second-order valence-corrected chi connectivity index (χ2v) is 69.1. The van der Waals surface area contributed by atoms with Crippen LogP contribution >= 0.6 is 0 Å². The lowest BCUT2D eigenvalue weighted by molar-refractivity contribution is -0.0750. The maximum Gasteiger partial charge on any atom is 0.519 e. The van der Waals surface area contributed by atoms with E-state index in [1.807, 2.05) is 0 Å². The largest absolute Gasteiger partial charge is 0.519 e. The van der Waals surface area contributed by atoms with E-state index in [9.17, 15) is 4.39 Å². The first-order valence-corrected chi connectivity index (χ1v) is 57.8. The van der Waals surface area contributed by atoms with E-state index in [-0.39, 0.29) is 41.9 Å². The van der Waals surface area contributed by atoms with Crippen LogP contribution in [0.2, 0.25) is 118 Å². The number of halogens is 12. The summed E-state index contributed by atoms with van der Waals surface area (Å²) in [5, 5.41) is 0. The second kappa shape index (κ2) is 25.3. The summed E-state index contributed by atoms with van der Waals surface area (Å²) in [6, 6.07) is 0. The minimum atomic E-state index is -6.26. The number of hydrogen-bond donors (Lipinski definition) is 0. The molecule has 72 heavy (non-hydrogen) atoms. The molecule has 0 amide bonds. The average molecular weight is 1380 g/mol. The number of alkyl halides is 11. The van der Waals surface area contributed by atoms with Gasteiger partial charge in [0.25, 0.3) is 27.7 Å². The van der Waals surface area contributed by atoms with Gasteiger partial charge in [0.2, 0.25) is 0 Å². The van der Waals surface area contributed by atoms with Gasteiger partial charge >= 0.3 is 103 Å². The van der Waals surface area contributed by atoms with Crippen LogP contribution in [0.3, 0.4) is 0 Å². The fourth-order valence-corrected chi connectivity index (χ4v) is 59.9. The van der Waals surface area contributed by atoms with Gasteiger partial charge in [0.15, 0.2) is 0 Å². The summed E-state index contributed by atoms with van der Waals surface area (Å²) in [4.78, 5) is 0. The van der Waals surface area contributed by atoms with E-state index in [2.05, 4.69) is 0 Å². The van der Waals surface area contributed by atoms with Crippen LogP contribution in [0.5, 0.6) is 0 Å². The SMILES string of the molecule is C[Si](C)(O[SiH3])O[Si](C)(C)O[Si](C)(O[Si](C)(O[SiH3])C(F)(F)CCF)C(F)(F)CC(F)(F)[Si](C)(O[Si](C)(C)O[Si](C)(C)O[SiH3])O[Si](C)(O[SiH3])C(F)(F)CC(F)(F)[Si](C)(O[Si](C)(C)O[SiH3])O[Si](C)(F)O[Si](C)(C)O[SiH3]. The topological polar surface area (TPSA) is 138 Å². The fraction of sp³-hybridized carbons (Fsp3) is 1.00. The molecule has 15 nitrogen and oxygen atoms in total. The molecule has 6 atom stereocenters. The Kier molecular flexibility index (Phi) is 26.2. The number of rotatable bonds is 35. The lowest BCUT2D eigenvalue weighted by atomic mass is 10.4. The Hall–Kier alpha value is 2.46. The third-order valence-corrected chi connectivity index (χ3v) is 71.9. The van der Waals surface area contributed by atoms with Crippen LogP contribution in [-0.2, 0) is 61.7 Å². The van der Waals surface area contributed by atoms with Crippen molar-refractivity contribution in [1.82, 2.24) is 0 Å². The summed E-state index contributed by atoms with van der Waals surface area (Å²) in [5.41, 5.74) is -24.2. The van der Waals surface area contributed by atoms with Gasteiger partial charge in [-0.3, -0.25) is 4.39 Å². The number of hydrogen-bond acceptors (Lipinski definition) is 15. The minimum Gasteiger partial charge on any atom is -0.445 e. The van der Waals surface area contributed by atoms with Gasteiger partial charge in [-0.25, -0.2) is 48.0 Å². The molecule has 0 aromatic rings. The lowest BCUT2D eigenvalue weighted by Crippen LogP contribution is -2.74. The zero-order valence-electron chi connectivity index (χ0n) is 46.0. The predicted molar refractivity (Wildman–Crippen MR) is 296 cm³/mol. The first kappa shape index (κ1) is 74.5. The van der Waals surface area contributed by atoms with E-state index >= 15 is 48.0 Å². The van der Waals surface area contributed by atoms with Crippen LogP contribution in [0.4, 0.5) is 52.4 Å². The van der Waals surface area contributed by atoms with Crippen LogP contribution in [0, 0.1) is 0 Å². The Morgan fingerprint density at radius 3 is 0.806 bits per heavy atom. The van der Waals surface area contributed by atoms with Crippen LogP contribution < -0.4 is 0 Å². The summed E-state index contributed by atoms with van der Waals surface area (Å²) in [5.74, 6) is 0. The van der Waals surface area contributed by atoms with Crippen molar-refractivity contribution >= 4 is 166 Å². The van der Waals surface area contributed by atoms with Gasteiger partial charge in [-0.15, -0.1) is 0 Å². The smallest absolute Gasteiger partial charge is 0.445 e. The third kappa shape index (κ3) is 20.2. The fourth-order valence-electron chi connectivity index (χ4n) is 6.94. The van der Waals surface area contributed by atoms with Crippen molar-refractivity contribution in [3.63, 3.8) is 0 Å². The molecule has 0 saturated heterocycles. The van der Waals surface area contributed by atoms with Crippen molar-refractivity contribution in [3.8, 4) is 0 Å². The van der Waals surface area contributed by atoms with Gasteiger partial charge in [-0.1, -0.05) is 0 Å². The van der Waals surface area contributed by atoms with E-state index in [1.54, 1.807) is 0 Å². The molecule has 0 spiro atoms. The summed E-state index contributed by atoms with van der Waals surface area (Å²) in [6.45, 7) is 18.0. The van der Waals surface area contributed by atoms with Crippen LogP contribution in [0.25, 0.3) is 0 Å². The highest BCUT2D eigenvalue weighted by atomic mass is 28.5. The van der Waals surface area contributed by atoms with Gasteiger partial charge < -0.3 is 61.7 Å². The molecule has 0 fully saturated rings. The molecule has 0 aliphatic rings. The Bertz CT molecular complexity index is 1770. The van der Waals surface area contributed by atoms with Crippen molar-refractivity contribution in [3.05, 3.63) is 0 Å². The van der Waals surface area contributed by atoms with E-state index in [4.69, 9.17) is 61.7 Å². The second-order valence-electron chi connectivity index (χ2n) is 20.4. The zero-order chi connectivity index (χ0) is 57.9. The van der Waals surface area contributed by atoms with Gasteiger partial charge in [0, 0.05) is 13.0 Å². The molecule has 0 aliphatic carbocycles. The predicted octanol–water partition coefficient (Wildman–Crippen LogP) is 3.04. The standard InChI is InChI=1S/C27H80F12O15Si18/c1-61(2,40-55)46-65(9,10)49-69(15,52-67(13,44-59)23(29,30)19-20-28)25(33,34)22-26(35,36)70(16,50-66(11,12)47-62(3,4)41-56)53-68(14,45-60)24(31,32)21-27(37,38)71(17,48-63(5,6)42-57)54-72(18,39)51-64(7,8)43-58/h19-22H2,1-18,55-60H3. The van der Waals surface area contributed by atoms with E-state index in [0.29, 0.717) is 32.7 Å². The van der Waals surface area contributed by atoms with Gasteiger partial charge in [0.1, 0.15) is 62.9 Å². The summed E-state index contributed by atoms with van der Waals surface area (Å²) in [7, 11) is -57.7. The van der Waals surface area contributed by atoms with Crippen molar-refractivity contribution in [2.75, 3.05) is 6.67 Å². The maximum absolute atomic E-state index is 17.8. The van der Waals surface area contributed by atoms with Crippen molar-refractivity contribution in [1.29, 1.82) is 0 Å². The quantitative estimate of drug-likeness (QED) is 0.0522. The normalized spacial score (nSPS) is 20.2. The van der Waals surface area contributed by atoms with E-state index in [0.717, 1.165) is 6.55 Å². The van der Waals surface area contributed by atoms with Gasteiger partial charge in [0.05, 0.1) is 19.5 Å². The highest BCUT2D eigenvalue weighted by Crippen LogP contribution is 2.51. The minimum absolute atomic E-state index is 0.0553. The summed E-state index contributed by atoms with van der Waals surface area (Å²) >= 11 is 0. The van der Waals surface area contributed by atoms with Crippen LogP contribution in [0.15, 0.2) is 0 Å². The van der Waals surface area contributed by atoms with E-state index in [1.165, 1.54) is 78.6 Å². The molecular weight excluding hydrogens is 1300 g/mol. The third-order valence-electron chi connectivity index (χ3n) is 11.3. The van der Waals surface area contributed by atoms with Crippen molar-refractivity contribution in [2.24, 2.45) is 0 Å². The highest BCUT2D eigenvalue weighted by molar-refractivity contribution is 6.92. The molecule has 0 N–H and O–H groups in total. The maximum atomic E-state index is 17.8. The first-order chi connectivity index (χ1) is 31.5. The Morgan fingerprint density at radius 1 is 0.292 bits per heavy atom. The Morgan fingerprint density at radius 2 is 0.528 bits per heavy atom. The molecule has 45 heteroatoms. The summed E-state index contributed by atoms with van der Waals surface area (Å²) < 4.78 is 285. The molecule has 434 valence electrons. The van der Waals surface area contributed by atoms with Crippen molar-refractivity contribution in [2.45, 2.75) is 165 Å². The Balaban J connectivity index is 8.35. The molecule has 0 bridgehead atoms. The van der Waals surface area contributed by atoms with Gasteiger partial charge in [-0.2, -0.15) is 0 Å². The van der Waals surface area contributed by atoms with Crippen LogP contribution in [-0.4, -0.2) is 200 Å². The molecule has 0 aliphatic heterocycles. The zero-order valence-corrected chi connectivity index (χ0v) is 70.0. The summed E-state index contributed by atoms with van der Waals surface area (Å²) in [6.07, 6.45) is -6.92. The Labute approximate surface area is 448 Å². The van der Waals surface area contributed by atoms with Gasteiger partial charge in [-0.05, 0) is 111 Å². The van der Waals surface area contributed by atoms with E-state index < -0.39 is 178 Å². The monoisotopic (exact) mass is 1380 g/mol. The molecule has 0 saturated carbocycles. The lowest BCUT2D eigenvalue weighted by Gasteiger charge is -2.49. The average Bonchev–Trinajstić information content (AvgIpc) is 3.14. The molecule has 0 radical (unpaired) electrons. The highest BCUT2D eigenvalue weighted by Gasteiger charge is 2.77. The first-order valence-electron chi connectivity index (χ1n) is 22.2. The molecule has 6 unspecified atom stereocenters. The molecule has 0 aromatic carbocycles. The molecule has 0 rings (SSSR count). The van der Waals surface area contributed by atoms with Crippen LogP contribution in [0.1, 0.15) is 19.3 Å².